The highest BCUT2D eigenvalue weighted by molar-refractivity contribution is 9.10. The maximum absolute atomic E-state index is 11.8. The Bertz CT molecular complexity index is 690. The molecule has 2 aromatic carbocycles. The van der Waals surface area contributed by atoms with E-state index >= 15 is 0 Å². The second-order valence-corrected chi connectivity index (χ2v) is 5.35. The first kappa shape index (κ1) is 15.1. The number of hydrogen-bond acceptors (Lipinski definition) is 3. The maximum Gasteiger partial charge on any atom is 0.262 e. The molecule has 0 bridgehead atoms. The molecule has 0 fully saturated rings. The normalized spacial score (nSPS) is 9.76. The zero-order chi connectivity index (χ0) is 15.2. The first-order valence-electron chi connectivity index (χ1n) is 6.27. The van der Waals surface area contributed by atoms with Gasteiger partial charge in [-0.25, -0.2) is 0 Å². The Morgan fingerprint density at radius 1 is 1.29 bits per heavy atom. The highest BCUT2D eigenvalue weighted by Crippen LogP contribution is 2.22. The van der Waals surface area contributed by atoms with Crippen molar-refractivity contribution in [2.24, 2.45) is 0 Å². The molecule has 2 aromatic rings. The number of carbonyl (C=O) groups is 1. The summed E-state index contributed by atoms with van der Waals surface area (Å²) in [4.78, 5) is 11.8. The van der Waals surface area contributed by atoms with E-state index in [-0.39, 0.29) is 12.5 Å². The molecular formula is C16H13BrN2O2. The van der Waals surface area contributed by atoms with Crippen LogP contribution >= 0.6 is 15.9 Å². The minimum atomic E-state index is -0.248. The first-order chi connectivity index (χ1) is 10.1. The molecule has 5 heteroatoms. The van der Waals surface area contributed by atoms with Crippen LogP contribution in [0.2, 0.25) is 0 Å². The number of rotatable bonds is 4. The summed E-state index contributed by atoms with van der Waals surface area (Å²) in [5.41, 5.74) is 2.14. The van der Waals surface area contributed by atoms with Crippen molar-refractivity contribution < 1.29 is 9.53 Å². The van der Waals surface area contributed by atoms with Crippen LogP contribution in [0.15, 0.2) is 46.9 Å². The molecule has 4 nitrogen and oxygen atoms in total. The average molecular weight is 345 g/mol. The van der Waals surface area contributed by atoms with Crippen LogP contribution in [0.1, 0.15) is 11.1 Å². The number of anilines is 1. The number of nitriles is 1. The molecule has 0 aliphatic carbocycles. The monoisotopic (exact) mass is 344 g/mol. The second-order valence-electron chi connectivity index (χ2n) is 4.44. The Morgan fingerprint density at radius 2 is 2.00 bits per heavy atom. The first-order valence-corrected chi connectivity index (χ1v) is 7.07. The molecule has 0 aliphatic rings. The molecule has 106 valence electrons. The van der Waals surface area contributed by atoms with E-state index in [2.05, 4.69) is 21.2 Å². The van der Waals surface area contributed by atoms with Gasteiger partial charge < -0.3 is 10.1 Å². The third kappa shape index (κ3) is 4.33. The minimum absolute atomic E-state index is 0.0670. The highest BCUT2D eigenvalue weighted by atomic mass is 79.9. The number of nitrogens with one attached hydrogen (secondary N) is 1. The molecule has 1 amide bonds. The summed E-state index contributed by atoms with van der Waals surface area (Å²) in [7, 11) is 0. The molecular weight excluding hydrogens is 332 g/mol. The quantitative estimate of drug-likeness (QED) is 0.920. The molecule has 0 atom stereocenters. The highest BCUT2D eigenvalue weighted by Gasteiger charge is 2.06. The third-order valence-corrected chi connectivity index (χ3v) is 3.29. The van der Waals surface area contributed by atoms with Crippen LogP contribution in [0, 0.1) is 18.3 Å². The van der Waals surface area contributed by atoms with Crippen LogP contribution in [0.3, 0.4) is 0 Å². The number of benzene rings is 2. The Balaban J connectivity index is 1.91. The van der Waals surface area contributed by atoms with Gasteiger partial charge in [-0.2, -0.15) is 5.26 Å². The SMILES string of the molecule is Cc1cc(Br)ccc1OCC(=O)Nc1ccc(C#N)cc1. The van der Waals surface area contributed by atoms with Crippen molar-refractivity contribution in [1.29, 1.82) is 5.26 Å². The fourth-order valence-corrected chi connectivity index (χ4v) is 2.22. The second kappa shape index (κ2) is 6.91. The smallest absolute Gasteiger partial charge is 0.262 e. The summed E-state index contributed by atoms with van der Waals surface area (Å²) >= 11 is 3.37. The Kier molecular flexibility index (Phi) is 4.96. The molecule has 0 heterocycles. The van der Waals surface area contributed by atoms with Gasteiger partial charge in [0.25, 0.3) is 5.91 Å². The predicted octanol–water partition coefficient (Wildman–Crippen LogP) is 3.65. The number of hydrogen-bond donors (Lipinski definition) is 1. The van der Waals surface area contributed by atoms with Crippen molar-refractivity contribution in [2.75, 3.05) is 11.9 Å². The van der Waals surface area contributed by atoms with Crippen LogP contribution in [-0.4, -0.2) is 12.5 Å². The lowest BCUT2D eigenvalue weighted by Crippen LogP contribution is -2.20. The van der Waals surface area contributed by atoms with Crippen LogP contribution in [0.5, 0.6) is 5.75 Å². The van der Waals surface area contributed by atoms with Crippen molar-refractivity contribution in [3.63, 3.8) is 0 Å². The molecule has 0 saturated heterocycles. The third-order valence-electron chi connectivity index (χ3n) is 2.79. The Hall–Kier alpha value is -2.32. The molecule has 0 spiro atoms. The lowest BCUT2D eigenvalue weighted by atomic mass is 10.2. The van der Waals surface area contributed by atoms with E-state index in [0.29, 0.717) is 17.0 Å². The molecule has 0 radical (unpaired) electrons. The Morgan fingerprint density at radius 3 is 2.62 bits per heavy atom. The zero-order valence-corrected chi connectivity index (χ0v) is 13.0. The summed E-state index contributed by atoms with van der Waals surface area (Å²) in [6, 6.07) is 14.3. The number of carbonyl (C=O) groups excluding carboxylic acids is 1. The molecule has 21 heavy (non-hydrogen) atoms. The maximum atomic E-state index is 11.8. The summed E-state index contributed by atoms with van der Waals surface area (Å²) < 4.78 is 6.45. The van der Waals surface area contributed by atoms with E-state index in [0.717, 1.165) is 10.0 Å². The van der Waals surface area contributed by atoms with Crippen molar-refractivity contribution in [1.82, 2.24) is 0 Å². The molecule has 0 aromatic heterocycles. The van der Waals surface area contributed by atoms with Gasteiger partial charge in [-0.3, -0.25) is 4.79 Å². The summed E-state index contributed by atoms with van der Waals surface area (Å²) in [6.45, 7) is 1.85. The fraction of sp³-hybridized carbons (Fsp3) is 0.125. The van der Waals surface area contributed by atoms with E-state index in [1.807, 2.05) is 31.2 Å². The summed E-state index contributed by atoms with van der Waals surface area (Å²) in [6.07, 6.45) is 0. The van der Waals surface area contributed by atoms with Crippen LogP contribution < -0.4 is 10.1 Å². The number of nitrogens with zero attached hydrogens (tertiary/aromatic N) is 1. The lowest BCUT2D eigenvalue weighted by molar-refractivity contribution is -0.118. The van der Waals surface area contributed by atoms with Crippen molar-refractivity contribution >= 4 is 27.5 Å². The lowest BCUT2D eigenvalue weighted by Gasteiger charge is -2.10. The van der Waals surface area contributed by atoms with E-state index in [4.69, 9.17) is 10.00 Å². The van der Waals surface area contributed by atoms with Crippen LogP contribution in [0.25, 0.3) is 0 Å². The van der Waals surface area contributed by atoms with Gasteiger partial charge >= 0.3 is 0 Å². The summed E-state index contributed by atoms with van der Waals surface area (Å²) in [5.74, 6) is 0.426. The van der Waals surface area contributed by atoms with Gasteiger partial charge in [0, 0.05) is 10.2 Å². The van der Waals surface area contributed by atoms with Gasteiger partial charge in [0.2, 0.25) is 0 Å². The van der Waals surface area contributed by atoms with E-state index in [1.165, 1.54) is 0 Å². The molecule has 0 saturated carbocycles. The number of halogens is 1. The predicted molar refractivity (Wildman–Crippen MR) is 84.2 cm³/mol. The molecule has 0 unspecified atom stereocenters. The largest absolute Gasteiger partial charge is 0.483 e. The van der Waals surface area contributed by atoms with E-state index in [9.17, 15) is 4.79 Å². The van der Waals surface area contributed by atoms with Crippen LogP contribution in [0.4, 0.5) is 5.69 Å². The van der Waals surface area contributed by atoms with Crippen LogP contribution in [-0.2, 0) is 4.79 Å². The fourth-order valence-electron chi connectivity index (χ4n) is 1.74. The molecule has 1 N–H and O–H groups in total. The average Bonchev–Trinajstić information content (AvgIpc) is 2.47. The number of aryl methyl sites for hydroxylation is 1. The van der Waals surface area contributed by atoms with Gasteiger partial charge in [0.15, 0.2) is 6.61 Å². The topological polar surface area (TPSA) is 62.1 Å². The Labute approximate surface area is 131 Å². The van der Waals surface area contributed by atoms with E-state index in [1.54, 1.807) is 24.3 Å². The van der Waals surface area contributed by atoms with Crippen molar-refractivity contribution in [3.05, 3.63) is 58.1 Å². The minimum Gasteiger partial charge on any atom is -0.483 e. The zero-order valence-electron chi connectivity index (χ0n) is 11.4. The van der Waals surface area contributed by atoms with Gasteiger partial charge in [-0.05, 0) is 55.0 Å². The van der Waals surface area contributed by atoms with E-state index < -0.39 is 0 Å². The van der Waals surface area contributed by atoms with Crippen molar-refractivity contribution in [2.45, 2.75) is 6.92 Å². The van der Waals surface area contributed by atoms with Gasteiger partial charge in [-0.15, -0.1) is 0 Å². The van der Waals surface area contributed by atoms with Gasteiger partial charge in [0.1, 0.15) is 5.75 Å². The summed E-state index contributed by atoms with van der Waals surface area (Å²) in [5, 5.41) is 11.4. The van der Waals surface area contributed by atoms with Gasteiger partial charge in [0.05, 0.1) is 11.6 Å². The standard InChI is InChI=1S/C16H13BrN2O2/c1-11-8-13(17)4-7-15(11)21-10-16(20)19-14-5-2-12(9-18)3-6-14/h2-8H,10H2,1H3,(H,19,20). The number of amides is 1. The molecule has 2 rings (SSSR count). The number of ether oxygens (including phenoxy) is 1. The van der Waals surface area contributed by atoms with Gasteiger partial charge in [-0.1, -0.05) is 15.9 Å². The molecule has 0 aliphatic heterocycles. The van der Waals surface area contributed by atoms with Crippen molar-refractivity contribution in [3.8, 4) is 11.8 Å².